The van der Waals surface area contributed by atoms with Crippen molar-refractivity contribution in [3.63, 3.8) is 0 Å². The smallest absolute Gasteiger partial charge is 0.0379 e. The Kier molecular flexibility index (Phi) is 3.63. The second-order valence-electron chi connectivity index (χ2n) is 3.68. The van der Waals surface area contributed by atoms with Crippen LogP contribution in [0, 0.1) is 0 Å². The van der Waals surface area contributed by atoms with Gasteiger partial charge in [0.1, 0.15) is 0 Å². The average molecular weight is 178 g/mol. The Labute approximate surface area is 64.8 Å². The zero-order valence-electron chi connectivity index (χ0n) is 7.23. The lowest BCUT2D eigenvalue weighted by Gasteiger charge is -2.31. The Morgan fingerprint density at radius 3 is 1.22 bits per heavy atom. The first kappa shape index (κ1) is 9.86. The van der Waals surface area contributed by atoms with E-state index in [2.05, 4.69) is 42.4 Å². The summed E-state index contributed by atoms with van der Waals surface area (Å²) in [5.41, 5.74) is 0. The highest BCUT2D eigenvalue weighted by Gasteiger charge is 2.27. The summed E-state index contributed by atoms with van der Waals surface area (Å²) in [6, 6.07) is 0. The van der Waals surface area contributed by atoms with Crippen LogP contribution in [0.2, 0.25) is 26.2 Å². The highest BCUT2D eigenvalue weighted by Crippen LogP contribution is 2.24. The summed E-state index contributed by atoms with van der Waals surface area (Å²) in [6.45, 7) is 12.2. The number of rotatable bonds is 2. The molecule has 0 aliphatic carbocycles. The van der Waals surface area contributed by atoms with Crippen molar-refractivity contribution < 1.29 is 0 Å². The van der Waals surface area contributed by atoms with Crippen LogP contribution < -0.4 is 0 Å². The first-order valence-electron chi connectivity index (χ1n) is 3.68. The lowest BCUT2D eigenvalue weighted by atomic mass is 10.9. The van der Waals surface area contributed by atoms with Gasteiger partial charge in [-0.15, -0.1) is 9.24 Å². The minimum atomic E-state index is -0.413. The van der Waals surface area contributed by atoms with E-state index in [9.17, 15) is 0 Å². The summed E-state index contributed by atoms with van der Waals surface area (Å²) in [5, 5.41) is 0. The fourth-order valence-corrected chi connectivity index (χ4v) is 6.00. The van der Waals surface area contributed by atoms with E-state index in [4.69, 9.17) is 0 Å². The van der Waals surface area contributed by atoms with Gasteiger partial charge in [0.2, 0.25) is 0 Å². The zero-order chi connectivity index (χ0) is 7.65. The topological polar surface area (TPSA) is 0 Å². The van der Waals surface area contributed by atoms with E-state index in [0.29, 0.717) is 4.40 Å². The summed E-state index contributed by atoms with van der Waals surface area (Å²) >= 11 is 0. The van der Waals surface area contributed by atoms with E-state index in [0.717, 1.165) is 0 Å². The number of hydrogen-bond donors (Lipinski definition) is 0. The third kappa shape index (κ3) is 2.52. The summed E-state index contributed by atoms with van der Waals surface area (Å²) in [7, 11) is 2.24. The van der Waals surface area contributed by atoms with Gasteiger partial charge >= 0.3 is 0 Å². The second kappa shape index (κ2) is 3.31. The zero-order valence-corrected chi connectivity index (χ0v) is 10.7. The van der Waals surface area contributed by atoms with Crippen LogP contribution in [0.1, 0.15) is 6.92 Å². The van der Waals surface area contributed by atoms with Gasteiger partial charge in [-0.05, 0) is 4.40 Å². The summed E-state index contributed by atoms with van der Waals surface area (Å²) < 4.78 is 0.694. The lowest BCUT2D eigenvalue weighted by molar-refractivity contribution is 1.18. The molecule has 0 bridgehead atoms. The molecule has 1 unspecified atom stereocenters. The van der Waals surface area contributed by atoms with E-state index in [1.165, 1.54) is 0 Å². The maximum Gasteiger partial charge on any atom is 0.0379 e. The van der Waals surface area contributed by atoms with Gasteiger partial charge in [-0.2, -0.15) is 0 Å². The van der Waals surface area contributed by atoms with Crippen LogP contribution >= 0.6 is 9.24 Å². The van der Waals surface area contributed by atoms with Crippen molar-refractivity contribution >= 4 is 26.8 Å². The monoisotopic (exact) mass is 178 g/mol. The van der Waals surface area contributed by atoms with Gasteiger partial charge < -0.3 is 0 Å². The van der Waals surface area contributed by atoms with Crippen LogP contribution in [0.15, 0.2) is 0 Å². The van der Waals surface area contributed by atoms with E-state index in [1.807, 2.05) is 0 Å². The molecule has 3 heteroatoms. The highest BCUT2D eigenvalue weighted by molar-refractivity contribution is 7.31. The molecule has 9 heavy (non-hydrogen) atoms. The molecule has 0 saturated heterocycles. The fourth-order valence-electron chi connectivity index (χ4n) is 0.667. The van der Waals surface area contributed by atoms with Gasteiger partial charge in [0.25, 0.3) is 0 Å². The molecule has 0 nitrogen and oxygen atoms in total. The van der Waals surface area contributed by atoms with Crippen molar-refractivity contribution in [3.05, 3.63) is 0 Å². The first-order chi connectivity index (χ1) is 3.89. The Morgan fingerprint density at radius 1 is 1.00 bits per heavy atom. The van der Waals surface area contributed by atoms with Crippen molar-refractivity contribution in [2.75, 3.05) is 0 Å². The van der Waals surface area contributed by atoms with Crippen molar-refractivity contribution in [3.8, 4) is 0 Å². The maximum atomic E-state index is 3.07. The summed E-state index contributed by atoms with van der Waals surface area (Å²) in [4.78, 5) is 0. The van der Waals surface area contributed by atoms with E-state index in [1.54, 1.807) is 0 Å². The van der Waals surface area contributed by atoms with Crippen LogP contribution in [-0.4, -0.2) is 22.0 Å². The van der Waals surface area contributed by atoms with Crippen LogP contribution in [0.25, 0.3) is 0 Å². The third-order valence-electron chi connectivity index (χ3n) is 2.49. The molecular formula is C6H19PSi2. The second-order valence-corrected chi connectivity index (χ2v) is 14.0. The molecule has 0 spiro atoms. The van der Waals surface area contributed by atoms with Crippen LogP contribution in [0.5, 0.6) is 0 Å². The lowest BCUT2D eigenvalue weighted by Crippen LogP contribution is -2.43. The van der Waals surface area contributed by atoms with Crippen molar-refractivity contribution in [2.45, 2.75) is 37.5 Å². The van der Waals surface area contributed by atoms with Crippen LogP contribution in [0.3, 0.4) is 0 Å². The molecule has 0 rings (SSSR count). The molecular weight excluding hydrogens is 159 g/mol. The molecule has 0 aromatic carbocycles. The SMILES string of the molecule is C[SiH](C)C(C)(P)[SiH](C)C. The van der Waals surface area contributed by atoms with Crippen LogP contribution in [0.4, 0.5) is 0 Å². The quantitative estimate of drug-likeness (QED) is 0.446. The molecule has 0 fully saturated rings. The third-order valence-corrected chi connectivity index (χ3v) is 15.5. The minimum absolute atomic E-state index is 0.413. The molecule has 0 heterocycles. The van der Waals surface area contributed by atoms with Gasteiger partial charge in [-0.3, -0.25) is 0 Å². The van der Waals surface area contributed by atoms with Crippen molar-refractivity contribution in [2.24, 2.45) is 0 Å². The Balaban J connectivity index is 4.01. The molecule has 0 aromatic heterocycles. The maximum absolute atomic E-state index is 3.07. The van der Waals surface area contributed by atoms with Gasteiger partial charge in [0.05, 0.1) is 0 Å². The predicted octanol–water partition coefficient (Wildman–Crippen LogP) is 1.67. The number of hydrogen-bond acceptors (Lipinski definition) is 0. The Morgan fingerprint density at radius 2 is 1.22 bits per heavy atom. The molecule has 1 atom stereocenters. The summed E-state index contributed by atoms with van der Waals surface area (Å²) in [6.07, 6.45) is 0. The molecule has 0 aliphatic rings. The molecule has 0 radical (unpaired) electrons. The van der Waals surface area contributed by atoms with Crippen LogP contribution in [-0.2, 0) is 0 Å². The molecule has 0 saturated carbocycles. The van der Waals surface area contributed by atoms with Gasteiger partial charge in [-0.1, -0.05) is 33.1 Å². The summed E-state index contributed by atoms with van der Waals surface area (Å²) in [5.74, 6) is 0. The molecule has 56 valence electrons. The van der Waals surface area contributed by atoms with Crippen molar-refractivity contribution in [1.29, 1.82) is 0 Å². The highest BCUT2D eigenvalue weighted by atomic mass is 31.0. The largest absolute Gasteiger partial charge is 0.138 e. The van der Waals surface area contributed by atoms with Crippen molar-refractivity contribution in [1.82, 2.24) is 0 Å². The molecule has 0 aliphatic heterocycles. The first-order valence-corrected chi connectivity index (χ1v) is 10.0. The van der Waals surface area contributed by atoms with E-state index < -0.39 is 17.6 Å². The molecule has 0 N–H and O–H groups in total. The Bertz CT molecular complexity index is 79.1. The van der Waals surface area contributed by atoms with Gasteiger partial charge in [0, 0.05) is 17.6 Å². The minimum Gasteiger partial charge on any atom is -0.138 e. The van der Waals surface area contributed by atoms with E-state index in [-0.39, 0.29) is 0 Å². The van der Waals surface area contributed by atoms with Gasteiger partial charge in [0.15, 0.2) is 0 Å². The fraction of sp³-hybridized carbons (Fsp3) is 1.00. The molecule has 0 aromatic rings. The standard InChI is InChI=1S/C6H19PSi2/c1-6(7,8(2)3)9(4)5/h8-9H,7H2,1-5H3. The molecule has 0 amide bonds. The average Bonchev–Trinajstić information content (AvgIpc) is 1.65. The predicted molar refractivity (Wildman–Crippen MR) is 55.9 cm³/mol. The van der Waals surface area contributed by atoms with Gasteiger partial charge in [-0.25, -0.2) is 0 Å². The Hall–Kier alpha value is 0.864. The normalized spacial score (nSPS) is 13.3. The van der Waals surface area contributed by atoms with E-state index >= 15 is 0 Å².